The summed E-state index contributed by atoms with van der Waals surface area (Å²) >= 11 is 0. The first-order chi connectivity index (χ1) is 32.7. The SMILES string of the molecule is COc1ccc(CO[C@H]2[C@H](OCc3ccccc3)[C@@H](OCc3ccccc3)[C@H](Oc3ccc([C@@H]4[C@@H](CC[C@H](OC(C)=O)c5ccc(F)cc5)C(=O)N4c4ccc(F)cc4)cc3)O[C@@H]2CO)cc1. The second-order valence-electron chi connectivity index (χ2n) is 16.5. The highest BCUT2D eigenvalue weighted by molar-refractivity contribution is 6.03. The van der Waals surface area contributed by atoms with Gasteiger partial charge in [0.2, 0.25) is 12.2 Å². The van der Waals surface area contributed by atoms with Gasteiger partial charge in [-0.25, -0.2) is 8.78 Å². The maximum absolute atomic E-state index is 14.1. The van der Waals surface area contributed by atoms with E-state index in [2.05, 4.69) is 0 Å². The topological polar surface area (TPSA) is 122 Å². The molecule has 67 heavy (non-hydrogen) atoms. The minimum Gasteiger partial charge on any atom is -0.497 e. The van der Waals surface area contributed by atoms with Gasteiger partial charge < -0.3 is 43.2 Å². The van der Waals surface area contributed by atoms with Gasteiger partial charge in [-0.3, -0.25) is 9.59 Å². The zero-order valence-corrected chi connectivity index (χ0v) is 37.2. The Morgan fingerprint density at radius 1 is 0.672 bits per heavy atom. The number of β-lactam (4-membered cyclic amide) rings is 1. The molecule has 0 aromatic heterocycles. The Balaban J connectivity index is 1.06. The van der Waals surface area contributed by atoms with Crippen LogP contribution in [-0.2, 0) is 53.1 Å². The van der Waals surface area contributed by atoms with Gasteiger partial charge in [0.05, 0.1) is 45.5 Å². The lowest BCUT2D eigenvalue weighted by Crippen LogP contribution is -2.62. The summed E-state index contributed by atoms with van der Waals surface area (Å²) in [5.41, 5.74) is 4.64. The largest absolute Gasteiger partial charge is 0.497 e. The molecule has 8 atom stereocenters. The number of hydrogen-bond acceptors (Lipinski definition) is 10. The van der Waals surface area contributed by atoms with Crippen molar-refractivity contribution >= 4 is 17.6 Å². The first kappa shape index (κ1) is 47.0. The lowest BCUT2D eigenvalue weighted by Gasteiger charge is -2.48. The van der Waals surface area contributed by atoms with Crippen LogP contribution in [0.25, 0.3) is 0 Å². The number of methoxy groups -OCH3 is 1. The van der Waals surface area contributed by atoms with Gasteiger partial charge in [0.25, 0.3) is 0 Å². The highest BCUT2D eigenvalue weighted by Gasteiger charge is 2.51. The molecule has 0 radical (unpaired) electrons. The average Bonchev–Trinajstić information content (AvgIpc) is 3.35. The standard InChI is InChI=1S/C54H53F2NO10/c1-35(59)65-47(39-15-19-41(55)20-16-39)30-29-46-49(57(53(46)60)43-23-21-42(56)22-24-43)40-17-27-45(28-18-40)66-54-52(64-33-37-11-7-4-8-12-37)51(63-32-36-9-5-3-6-10-36)50(48(31-58)67-54)62-34-38-13-25-44(61-2)26-14-38/h3-28,46-52,54,58H,29-34H2,1-2H3/t46-,47+,48-,49-,50-,51+,52-,54-/m1/s1. The first-order valence-electron chi connectivity index (χ1n) is 22.3. The number of aliphatic hydroxyl groups is 1. The molecule has 2 aliphatic rings. The molecule has 1 N–H and O–H groups in total. The van der Waals surface area contributed by atoms with Crippen molar-refractivity contribution in [1.29, 1.82) is 0 Å². The van der Waals surface area contributed by atoms with Gasteiger partial charge >= 0.3 is 5.97 Å². The van der Waals surface area contributed by atoms with E-state index in [4.69, 9.17) is 33.2 Å². The molecule has 2 aliphatic heterocycles. The Morgan fingerprint density at radius 3 is 1.78 bits per heavy atom. The third-order valence-corrected chi connectivity index (χ3v) is 12.0. The maximum atomic E-state index is 14.1. The predicted molar refractivity (Wildman–Crippen MR) is 245 cm³/mol. The summed E-state index contributed by atoms with van der Waals surface area (Å²) in [6.45, 7) is 1.51. The van der Waals surface area contributed by atoms with Gasteiger partial charge in [0.1, 0.15) is 53.7 Å². The fourth-order valence-electron chi connectivity index (χ4n) is 8.62. The third kappa shape index (κ3) is 11.7. The van der Waals surface area contributed by atoms with Crippen LogP contribution in [-0.4, -0.2) is 61.4 Å². The number of ether oxygens (including phenoxy) is 7. The minimum absolute atomic E-state index is 0.174. The molecule has 13 heteroatoms. The Bertz CT molecular complexity index is 2500. The lowest BCUT2D eigenvalue weighted by molar-refractivity contribution is -0.308. The van der Waals surface area contributed by atoms with Crippen molar-refractivity contribution < 1.29 is 56.6 Å². The molecular weight excluding hydrogens is 861 g/mol. The summed E-state index contributed by atoms with van der Waals surface area (Å²) in [4.78, 5) is 27.7. The van der Waals surface area contributed by atoms with E-state index in [1.54, 1.807) is 48.4 Å². The normalized spacial score (nSPS) is 21.8. The van der Waals surface area contributed by atoms with Crippen LogP contribution in [0.1, 0.15) is 59.7 Å². The quantitative estimate of drug-likeness (QED) is 0.0586. The molecule has 0 spiro atoms. The summed E-state index contributed by atoms with van der Waals surface area (Å²) < 4.78 is 72.0. The van der Waals surface area contributed by atoms with Crippen molar-refractivity contribution in [1.82, 2.24) is 0 Å². The van der Waals surface area contributed by atoms with Crippen molar-refractivity contribution in [3.05, 3.63) is 197 Å². The summed E-state index contributed by atoms with van der Waals surface area (Å²) in [6.07, 6.45) is -4.46. The van der Waals surface area contributed by atoms with Gasteiger partial charge in [-0.15, -0.1) is 0 Å². The molecule has 1 amide bonds. The molecule has 2 heterocycles. The van der Waals surface area contributed by atoms with Crippen LogP contribution in [0.3, 0.4) is 0 Å². The molecule has 11 nitrogen and oxygen atoms in total. The van der Waals surface area contributed by atoms with Crippen LogP contribution in [0.15, 0.2) is 158 Å². The Labute approximate surface area is 388 Å². The van der Waals surface area contributed by atoms with Crippen molar-refractivity contribution in [2.45, 2.75) is 82.4 Å². The summed E-state index contributed by atoms with van der Waals surface area (Å²) in [5, 5.41) is 10.8. The van der Waals surface area contributed by atoms with Crippen LogP contribution < -0.4 is 14.4 Å². The van der Waals surface area contributed by atoms with Crippen molar-refractivity contribution in [3.63, 3.8) is 0 Å². The zero-order chi connectivity index (χ0) is 46.7. The van der Waals surface area contributed by atoms with Crippen LogP contribution in [0.2, 0.25) is 0 Å². The van der Waals surface area contributed by atoms with Crippen LogP contribution >= 0.6 is 0 Å². The van der Waals surface area contributed by atoms with E-state index in [-0.39, 0.29) is 25.7 Å². The summed E-state index contributed by atoms with van der Waals surface area (Å²) in [5.74, 6) is -0.932. The molecule has 0 saturated carbocycles. The molecule has 6 aromatic carbocycles. The number of anilines is 1. The molecule has 348 valence electrons. The van der Waals surface area contributed by atoms with Crippen molar-refractivity contribution in [2.24, 2.45) is 5.92 Å². The molecule has 0 bridgehead atoms. The smallest absolute Gasteiger partial charge is 0.303 e. The number of esters is 1. The average molecular weight is 914 g/mol. The maximum Gasteiger partial charge on any atom is 0.303 e. The zero-order valence-electron chi connectivity index (χ0n) is 37.2. The van der Waals surface area contributed by atoms with E-state index < -0.39 is 73.0 Å². The summed E-state index contributed by atoms with van der Waals surface area (Å²) in [6, 6.07) is 45.2. The molecule has 2 fully saturated rings. The van der Waals surface area contributed by atoms with Crippen LogP contribution in [0.5, 0.6) is 11.5 Å². The fourth-order valence-corrected chi connectivity index (χ4v) is 8.62. The number of halogens is 2. The van der Waals surface area contributed by atoms with Gasteiger partial charge in [-0.2, -0.15) is 0 Å². The van der Waals surface area contributed by atoms with Crippen LogP contribution in [0, 0.1) is 17.6 Å². The number of benzene rings is 6. The van der Waals surface area contributed by atoms with Gasteiger partial charge in [0, 0.05) is 12.6 Å². The van der Waals surface area contributed by atoms with E-state index in [0.717, 1.165) is 22.3 Å². The van der Waals surface area contributed by atoms with Crippen molar-refractivity contribution in [3.8, 4) is 11.5 Å². The van der Waals surface area contributed by atoms with E-state index in [9.17, 15) is 23.5 Å². The van der Waals surface area contributed by atoms with Gasteiger partial charge in [-0.1, -0.05) is 97.1 Å². The van der Waals surface area contributed by atoms with E-state index in [1.165, 1.54) is 31.2 Å². The number of amides is 1. The minimum atomic E-state index is -1.08. The molecule has 6 aromatic rings. The lowest BCUT2D eigenvalue weighted by atomic mass is 9.78. The Morgan fingerprint density at radius 2 is 1.21 bits per heavy atom. The molecule has 8 rings (SSSR count). The van der Waals surface area contributed by atoms with E-state index in [0.29, 0.717) is 35.6 Å². The number of carbonyl (C=O) groups is 2. The highest BCUT2D eigenvalue weighted by atomic mass is 19.1. The molecular formula is C54H53F2NO10. The fraction of sp³-hybridized carbons (Fsp3) is 0.296. The molecule has 0 aliphatic carbocycles. The number of carbonyl (C=O) groups excluding carboxylic acids is 2. The van der Waals surface area contributed by atoms with E-state index in [1.807, 2.05) is 97.1 Å². The number of hydrogen-bond donors (Lipinski definition) is 1. The monoisotopic (exact) mass is 913 g/mol. The highest BCUT2D eigenvalue weighted by Crippen LogP contribution is 2.47. The Kier molecular flexibility index (Phi) is 15.7. The van der Waals surface area contributed by atoms with Crippen molar-refractivity contribution in [2.75, 3.05) is 18.6 Å². The third-order valence-electron chi connectivity index (χ3n) is 12.0. The predicted octanol–water partition coefficient (Wildman–Crippen LogP) is 9.61. The van der Waals surface area contributed by atoms with E-state index >= 15 is 0 Å². The second-order valence-corrected chi connectivity index (χ2v) is 16.5. The number of nitrogens with zero attached hydrogens (tertiary/aromatic N) is 1. The molecule has 2 saturated heterocycles. The van der Waals surface area contributed by atoms with Gasteiger partial charge in [-0.05, 0) is 101 Å². The van der Waals surface area contributed by atoms with Crippen LogP contribution in [0.4, 0.5) is 14.5 Å². The second kappa shape index (κ2) is 22.3. The first-order valence-corrected chi connectivity index (χ1v) is 22.3. The number of aliphatic hydroxyl groups excluding tert-OH is 1. The summed E-state index contributed by atoms with van der Waals surface area (Å²) in [7, 11) is 1.61. The number of rotatable bonds is 20. The Hall–Kier alpha value is -6.48. The van der Waals surface area contributed by atoms with Gasteiger partial charge in [0.15, 0.2) is 0 Å². The molecule has 0 unspecified atom stereocenters.